The number of nitrogens with one attached hydrogen (secondary N) is 1. The minimum atomic E-state index is -3.45. The van der Waals surface area contributed by atoms with Crippen LogP contribution in [0.15, 0.2) is 11.1 Å². The predicted molar refractivity (Wildman–Crippen MR) is 62.1 cm³/mol. The average Bonchev–Trinajstić information content (AvgIpc) is 2.76. The molecule has 1 aromatic heterocycles. The molecule has 2 rings (SSSR count). The number of aromatic amines is 1. The Bertz CT molecular complexity index is 483. The van der Waals surface area contributed by atoms with Gasteiger partial charge in [-0.1, -0.05) is 6.92 Å². The van der Waals surface area contributed by atoms with Crippen LogP contribution in [0.4, 0.5) is 0 Å². The van der Waals surface area contributed by atoms with Crippen molar-refractivity contribution in [2.75, 3.05) is 19.8 Å². The van der Waals surface area contributed by atoms with Gasteiger partial charge in [0, 0.05) is 12.6 Å². The van der Waals surface area contributed by atoms with E-state index in [0.717, 1.165) is 6.42 Å². The SMILES string of the molecule is CCC1COCCN1S(=O)(=O)c1cn[nH]c1C. The Hall–Kier alpha value is -0.920. The van der Waals surface area contributed by atoms with Gasteiger partial charge in [-0.15, -0.1) is 0 Å². The zero-order valence-electron chi connectivity index (χ0n) is 10.0. The van der Waals surface area contributed by atoms with Gasteiger partial charge >= 0.3 is 0 Å². The van der Waals surface area contributed by atoms with Gasteiger partial charge in [0.1, 0.15) is 4.90 Å². The molecular formula is C10H17N3O3S. The quantitative estimate of drug-likeness (QED) is 0.858. The summed E-state index contributed by atoms with van der Waals surface area (Å²) in [6, 6.07) is -0.0805. The zero-order chi connectivity index (χ0) is 12.5. The van der Waals surface area contributed by atoms with Crippen LogP contribution >= 0.6 is 0 Å². The third-order valence-electron chi connectivity index (χ3n) is 3.02. The van der Waals surface area contributed by atoms with Gasteiger partial charge in [0.2, 0.25) is 10.0 Å². The lowest BCUT2D eigenvalue weighted by atomic mass is 10.2. The summed E-state index contributed by atoms with van der Waals surface area (Å²) < 4.78 is 31.7. The van der Waals surface area contributed by atoms with Crippen LogP contribution in [-0.4, -0.2) is 48.7 Å². The van der Waals surface area contributed by atoms with Crippen LogP contribution in [0.1, 0.15) is 19.0 Å². The normalized spacial score (nSPS) is 22.8. The number of nitrogens with zero attached hydrogens (tertiary/aromatic N) is 2. The topological polar surface area (TPSA) is 75.3 Å². The van der Waals surface area contributed by atoms with Gasteiger partial charge in [-0.2, -0.15) is 9.40 Å². The summed E-state index contributed by atoms with van der Waals surface area (Å²) in [6.07, 6.45) is 2.11. The maximum absolute atomic E-state index is 12.4. The molecule has 0 spiro atoms. The minimum Gasteiger partial charge on any atom is -0.378 e. The van der Waals surface area contributed by atoms with E-state index in [1.165, 1.54) is 10.5 Å². The van der Waals surface area contributed by atoms with Gasteiger partial charge in [0.15, 0.2) is 0 Å². The molecule has 1 fully saturated rings. The lowest BCUT2D eigenvalue weighted by molar-refractivity contribution is 0.0314. The number of hydrogen-bond donors (Lipinski definition) is 1. The van der Waals surface area contributed by atoms with Crippen molar-refractivity contribution in [1.82, 2.24) is 14.5 Å². The van der Waals surface area contributed by atoms with Crippen LogP contribution in [0.3, 0.4) is 0 Å². The Morgan fingerprint density at radius 2 is 2.41 bits per heavy atom. The van der Waals surface area contributed by atoms with Crippen molar-refractivity contribution in [3.05, 3.63) is 11.9 Å². The first-order valence-electron chi connectivity index (χ1n) is 5.67. The standard InChI is InChI=1S/C10H17N3O3S/c1-3-9-7-16-5-4-13(9)17(14,15)10-6-11-12-8(10)2/h6,9H,3-5,7H2,1-2H3,(H,11,12). The van der Waals surface area contributed by atoms with Gasteiger partial charge in [0.05, 0.1) is 25.1 Å². The molecule has 0 amide bonds. The van der Waals surface area contributed by atoms with Crippen molar-refractivity contribution in [2.45, 2.75) is 31.2 Å². The molecule has 0 bridgehead atoms. The van der Waals surface area contributed by atoms with Crippen molar-refractivity contribution >= 4 is 10.0 Å². The average molecular weight is 259 g/mol. The van der Waals surface area contributed by atoms with E-state index in [-0.39, 0.29) is 10.9 Å². The Labute approximate surface area is 101 Å². The first kappa shape index (κ1) is 12.5. The summed E-state index contributed by atoms with van der Waals surface area (Å²) in [5.41, 5.74) is 0.575. The van der Waals surface area contributed by atoms with E-state index in [1.807, 2.05) is 6.92 Å². The number of hydrogen-bond acceptors (Lipinski definition) is 4. The molecule has 1 aliphatic rings. The minimum absolute atomic E-state index is 0.0805. The molecule has 7 heteroatoms. The smallest absolute Gasteiger partial charge is 0.246 e. The summed E-state index contributed by atoms with van der Waals surface area (Å²) in [6.45, 7) is 5.00. The molecule has 96 valence electrons. The molecule has 0 saturated carbocycles. The van der Waals surface area contributed by atoms with E-state index < -0.39 is 10.0 Å². The first-order chi connectivity index (χ1) is 8.07. The van der Waals surface area contributed by atoms with Gasteiger partial charge in [-0.05, 0) is 13.3 Å². The first-order valence-corrected chi connectivity index (χ1v) is 7.11. The fourth-order valence-corrected chi connectivity index (χ4v) is 3.79. The van der Waals surface area contributed by atoms with Gasteiger partial charge in [0.25, 0.3) is 0 Å². The molecule has 6 nitrogen and oxygen atoms in total. The second-order valence-electron chi connectivity index (χ2n) is 4.11. The number of ether oxygens (including phenoxy) is 1. The summed E-state index contributed by atoms with van der Waals surface area (Å²) in [5.74, 6) is 0. The number of sulfonamides is 1. The number of morpholine rings is 1. The number of H-pyrrole nitrogens is 1. The predicted octanol–water partition coefficient (Wildman–Crippen LogP) is 0.518. The van der Waals surface area contributed by atoms with E-state index in [4.69, 9.17) is 4.74 Å². The van der Waals surface area contributed by atoms with Crippen molar-refractivity contribution in [3.63, 3.8) is 0 Å². The van der Waals surface area contributed by atoms with Crippen LogP contribution in [0.2, 0.25) is 0 Å². The number of aryl methyl sites for hydroxylation is 1. The largest absolute Gasteiger partial charge is 0.378 e. The van der Waals surface area contributed by atoms with Crippen molar-refractivity contribution in [3.8, 4) is 0 Å². The molecule has 1 unspecified atom stereocenters. The highest BCUT2D eigenvalue weighted by Gasteiger charge is 2.34. The number of rotatable bonds is 3. The summed E-state index contributed by atoms with van der Waals surface area (Å²) in [5, 5.41) is 6.43. The summed E-state index contributed by atoms with van der Waals surface area (Å²) in [7, 11) is -3.45. The second kappa shape index (κ2) is 4.75. The Morgan fingerprint density at radius 1 is 1.65 bits per heavy atom. The highest BCUT2D eigenvalue weighted by Crippen LogP contribution is 2.23. The van der Waals surface area contributed by atoms with E-state index in [0.29, 0.717) is 25.5 Å². The molecule has 1 saturated heterocycles. The monoisotopic (exact) mass is 259 g/mol. The van der Waals surface area contributed by atoms with Crippen LogP contribution in [0.25, 0.3) is 0 Å². The number of aromatic nitrogens is 2. The van der Waals surface area contributed by atoms with Crippen LogP contribution in [-0.2, 0) is 14.8 Å². The molecule has 0 aromatic carbocycles. The summed E-state index contributed by atoms with van der Waals surface area (Å²) in [4.78, 5) is 0.262. The fraction of sp³-hybridized carbons (Fsp3) is 0.700. The molecule has 0 radical (unpaired) electrons. The highest BCUT2D eigenvalue weighted by atomic mass is 32.2. The van der Waals surface area contributed by atoms with E-state index >= 15 is 0 Å². The van der Waals surface area contributed by atoms with E-state index in [9.17, 15) is 8.42 Å². The van der Waals surface area contributed by atoms with Gasteiger partial charge in [-0.3, -0.25) is 5.10 Å². The lowest BCUT2D eigenvalue weighted by Crippen LogP contribution is -2.48. The molecule has 1 N–H and O–H groups in total. The van der Waals surface area contributed by atoms with Gasteiger partial charge < -0.3 is 4.74 Å². The van der Waals surface area contributed by atoms with Gasteiger partial charge in [-0.25, -0.2) is 8.42 Å². The lowest BCUT2D eigenvalue weighted by Gasteiger charge is -2.33. The fourth-order valence-electron chi connectivity index (χ4n) is 2.00. The van der Waals surface area contributed by atoms with Crippen molar-refractivity contribution in [1.29, 1.82) is 0 Å². The molecule has 1 aromatic rings. The molecule has 1 aliphatic heterocycles. The Balaban J connectivity index is 2.34. The third-order valence-corrected chi connectivity index (χ3v) is 5.08. The molecule has 0 aliphatic carbocycles. The Kier molecular flexibility index (Phi) is 3.50. The van der Waals surface area contributed by atoms with Crippen molar-refractivity contribution in [2.24, 2.45) is 0 Å². The molecule has 2 heterocycles. The van der Waals surface area contributed by atoms with Crippen LogP contribution in [0, 0.1) is 6.92 Å². The zero-order valence-corrected chi connectivity index (χ0v) is 10.8. The highest BCUT2D eigenvalue weighted by molar-refractivity contribution is 7.89. The second-order valence-corrected chi connectivity index (χ2v) is 5.97. The third kappa shape index (κ3) is 2.22. The molecule has 1 atom stereocenters. The molecule has 17 heavy (non-hydrogen) atoms. The summed E-state index contributed by atoms with van der Waals surface area (Å²) >= 11 is 0. The van der Waals surface area contributed by atoms with Crippen molar-refractivity contribution < 1.29 is 13.2 Å². The molecular weight excluding hydrogens is 242 g/mol. The maximum atomic E-state index is 12.4. The van der Waals surface area contributed by atoms with Crippen LogP contribution in [0.5, 0.6) is 0 Å². The Morgan fingerprint density at radius 3 is 3.00 bits per heavy atom. The van der Waals surface area contributed by atoms with E-state index in [2.05, 4.69) is 10.2 Å². The maximum Gasteiger partial charge on any atom is 0.246 e. The van der Waals surface area contributed by atoms with Crippen LogP contribution < -0.4 is 0 Å². The van der Waals surface area contributed by atoms with E-state index in [1.54, 1.807) is 6.92 Å².